The Hall–Kier alpha value is -1.30. The molecule has 1 aromatic carbocycles. The fraction of sp³-hybridized carbons (Fsp3) is 0.579. The van der Waals surface area contributed by atoms with Gasteiger partial charge in [0, 0.05) is 12.0 Å². The molecule has 1 aromatic rings. The molecule has 0 saturated heterocycles. The first-order valence-electron chi connectivity index (χ1n) is 7.89. The second-order valence-corrected chi connectivity index (χ2v) is 6.65. The van der Waals surface area contributed by atoms with Gasteiger partial charge in [0.25, 0.3) is 0 Å². The molecule has 0 radical (unpaired) electrons. The van der Waals surface area contributed by atoms with E-state index >= 15 is 0 Å². The molecule has 0 aliphatic heterocycles. The van der Waals surface area contributed by atoms with Crippen molar-refractivity contribution in [2.45, 2.75) is 58.7 Å². The smallest absolute Gasteiger partial charge is 0.0720 e. The van der Waals surface area contributed by atoms with Gasteiger partial charge in [-0.2, -0.15) is 0 Å². The Labute approximate surface area is 128 Å². The van der Waals surface area contributed by atoms with Gasteiger partial charge in [-0.05, 0) is 48.8 Å². The molecule has 0 spiro atoms. The highest BCUT2D eigenvalue weighted by atomic mass is 16.5. The monoisotopic (exact) mass is 286 g/mol. The van der Waals surface area contributed by atoms with Crippen molar-refractivity contribution in [3.05, 3.63) is 35.4 Å². The Morgan fingerprint density at radius 1 is 1.19 bits per heavy atom. The minimum atomic E-state index is 0.122. The number of benzene rings is 1. The first-order valence-corrected chi connectivity index (χ1v) is 7.89. The Morgan fingerprint density at radius 3 is 2.48 bits per heavy atom. The third-order valence-corrected chi connectivity index (χ3v) is 4.20. The highest BCUT2D eigenvalue weighted by molar-refractivity contribution is 5.35. The van der Waals surface area contributed by atoms with Gasteiger partial charge in [0.1, 0.15) is 0 Å². The Bertz CT molecular complexity index is 481. The number of aliphatic hydroxyl groups is 1. The van der Waals surface area contributed by atoms with Gasteiger partial charge in [-0.1, -0.05) is 37.8 Å². The van der Waals surface area contributed by atoms with Gasteiger partial charge in [-0.3, -0.25) is 0 Å². The normalized spacial score (nSPS) is 18.0. The SMILES string of the molecule is CC1(C)CCC(OCc2ccc(C#CCCO)cc2)CC1. The van der Waals surface area contributed by atoms with Crippen molar-refractivity contribution in [3.8, 4) is 11.8 Å². The molecule has 0 amide bonds. The minimum absolute atomic E-state index is 0.122. The maximum atomic E-state index is 8.70. The van der Waals surface area contributed by atoms with Crippen molar-refractivity contribution in [2.75, 3.05) is 6.61 Å². The lowest BCUT2D eigenvalue weighted by Crippen LogP contribution is -2.26. The van der Waals surface area contributed by atoms with E-state index in [-0.39, 0.29) is 6.61 Å². The van der Waals surface area contributed by atoms with E-state index in [9.17, 15) is 0 Å². The van der Waals surface area contributed by atoms with Crippen molar-refractivity contribution in [3.63, 3.8) is 0 Å². The van der Waals surface area contributed by atoms with Crippen LogP contribution in [0.25, 0.3) is 0 Å². The Balaban J connectivity index is 1.78. The van der Waals surface area contributed by atoms with Gasteiger partial charge in [-0.15, -0.1) is 0 Å². The second-order valence-electron chi connectivity index (χ2n) is 6.65. The topological polar surface area (TPSA) is 29.5 Å². The number of hydrogen-bond acceptors (Lipinski definition) is 2. The molecule has 21 heavy (non-hydrogen) atoms. The molecule has 1 aliphatic carbocycles. The minimum Gasteiger partial charge on any atom is -0.395 e. The van der Waals surface area contributed by atoms with Gasteiger partial charge in [0.2, 0.25) is 0 Å². The van der Waals surface area contributed by atoms with Crippen molar-refractivity contribution in [1.82, 2.24) is 0 Å². The van der Waals surface area contributed by atoms with Crippen LogP contribution in [-0.2, 0) is 11.3 Å². The third kappa shape index (κ3) is 5.53. The summed E-state index contributed by atoms with van der Waals surface area (Å²) in [5.74, 6) is 5.97. The molecule has 1 saturated carbocycles. The van der Waals surface area contributed by atoms with Gasteiger partial charge in [0.15, 0.2) is 0 Å². The van der Waals surface area contributed by atoms with Gasteiger partial charge in [-0.25, -0.2) is 0 Å². The van der Waals surface area contributed by atoms with Crippen molar-refractivity contribution in [1.29, 1.82) is 0 Å². The zero-order valence-corrected chi connectivity index (χ0v) is 13.2. The highest BCUT2D eigenvalue weighted by Gasteiger charge is 2.26. The first kappa shape index (κ1) is 16.1. The third-order valence-electron chi connectivity index (χ3n) is 4.20. The summed E-state index contributed by atoms with van der Waals surface area (Å²) in [4.78, 5) is 0. The van der Waals surface area contributed by atoms with Crippen molar-refractivity contribution >= 4 is 0 Å². The summed E-state index contributed by atoms with van der Waals surface area (Å²) in [5, 5.41) is 8.70. The number of ether oxygens (including phenoxy) is 1. The Morgan fingerprint density at radius 2 is 1.86 bits per heavy atom. The zero-order valence-electron chi connectivity index (χ0n) is 13.2. The molecule has 0 aromatic heterocycles. The fourth-order valence-corrected chi connectivity index (χ4v) is 2.66. The van der Waals surface area contributed by atoms with E-state index in [1.807, 2.05) is 12.1 Å². The van der Waals surface area contributed by atoms with E-state index in [1.54, 1.807) is 0 Å². The molecule has 0 bridgehead atoms. The summed E-state index contributed by atoms with van der Waals surface area (Å²) in [6.45, 7) is 5.51. The largest absolute Gasteiger partial charge is 0.395 e. The van der Waals surface area contributed by atoms with Crippen LogP contribution in [0, 0.1) is 17.3 Å². The maximum absolute atomic E-state index is 8.70. The molecule has 1 N–H and O–H groups in total. The standard InChI is InChI=1S/C19H26O2/c1-19(2)12-10-18(11-13-19)21-15-17-8-6-16(7-9-17)5-3-4-14-20/h6-9,18,20H,4,10-15H2,1-2H3. The van der Waals surface area contributed by atoms with E-state index in [2.05, 4.69) is 37.8 Å². The van der Waals surface area contributed by atoms with Crippen LogP contribution < -0.4 is 0 Å². The quantitative estimate of drug-likeness (QED) is 0.850. The molecule has 2 heteroatoms. The summed E-state index contributed by atoms with van der Waals surface area (Å²) < 4.78 is 6.03. The number of rotatable bonds is 4. The van der Waals surface area contributed by atoms with Crippen LogP contribution in [0.4, 0.5) is 0 Å². The predicted octanol–water partition coefficient (Wildman–Crippen LogP) is 3.91. The number of aliphatic hydroxyl groups excluding tert-OH is 1. The van der Waals surface area contributed by atoms with Gasteiger partial charge < -0.3 is 9.84 Å². The average molecular weight is 286 g/mol. The molecule has 0 heterocycles. The molecule has 1 aliphatic rings. The van der Waals surface area contributed by atoms with E-state index in [1.165, 1.54) is 31.2 Å². The summed E-state index contributed by atoms with van der Waals surface area (Å²) in [6, 6.07) is 8.20. The molecule has 114 valence electrons. The van der Waals surface area contributed by atoms with Crippen LogP contribution in [0.3, 0.4) is 0 Å². The Kier molecular flexibility index (Phi) is 5.85. The van der Waals surface area contributed by atoms with E-state index in [0.717, 1.165) is 5.56 Å². The summed E-state index contributed by atoms with van der Waals surface area (Å²) in [7, 11) is 0. The van der Waals surface area contributed by atoms with Crippen LogP contribution in [0.1, 0.15) is 57.1 Å². The molecule has 0 atom stereocenters. The van der Waals surface area contributed by atoms with Crippen molar-refractivity contribution < 1.29 is 9.84 Å². The molecule has 2 rings (SSSR count). The van der Waals surface area contributed by atoms with E-state index < -0.39 is 0 Å². The van der Waals surface area contributed by atoms with Crippen molar-refractivity contribution in [2.24, 2.45) is 5.41 Å². The van der Waals surface area contributed by atoms with Gasteiger partial charge >= 0.3 is 0 Å². The van der Waals surface area contributed by atoms with E-state index in [0.29, 0.717) is 24.5 Å². The van der Waals surface area contributed by atoms with Crippen LogP contribution in [-0.4, -0.2) is 17.8 Å². The van der Waals surface area contributed by atoms with Gasteiger partial charge in [0.05, 0.1) is 19.3 Å². The molecule has 2 nitrogen and oxygen atoms in total. The van der Waals surface area contributed by atoms with Crippen LogP contribution in [0.5, 0.6) is 0 Å². The summed E-state index contributed by atoms with van der Waals surface area (Å²) in [5.41, 5.74) is 2.69. The summed E-state index contributed by atoms with van der Waals surface area (Å²) >= 11 is 0. The molecular weight excluding hydrogens is 260 g/mol. The number of hydrogen-bond donors (Lipinski definition) is 1. The lowest BCUT2D eigenvalue weighted by Gasteiger charge is -2.34. The van der Waals surface area contributed by atoms with Crippen LogP contribution in [0.15, 0.2) is 24.3 Å². The zero-order chi connectivity index (χ0) is 15.1. The molecule has 1 fully saturated rings. The van der Waals surface area contributed by atoms with Crippen LogP contribution >= 0.6 is 0 Å². The fourth-order valence-electron chi connectivity index (χ4n) is 2.66. The molecule has 0 unspecified atom stereocenters. The van der Waals surface area contributed by atoms with Crippen LogP contribution in [0.2, 0.25) is 0 Å². The lowest BCUT2D eigenvalue weighted by molar-refractivity contribution is -0.00558. The second kappa shape index (κ2) is 7.64. The lowest BCUT2D eigenvalue weighted by atomic mass is 9.76. The van der Waals surface area contributed by atoms with E-state index in [4.69, 9.17) is 9.84 Å². The highest BCUT2D eigenvalue weighted by Crippen LogP contribution is 2.36. The average Bonchev–Trinajstić information content (AvgIpc) is 2.48. The summed E-state index contributed by atoms with van der Waals surface area (Å²) in [6.07, 6.45) is 5.83. The first-order chi connectivity index (χ1) is 10.1. The predicted molar refractivity (Wildman–Crippen MR) is 85.8 cm³/mol. The molecular formula is C19H26O2. The maximum Gasteiger partial charge on any atom is 0.0720 e.